The van der Waals surface area contributed by atoms with E-state index in [0.29, 0.717) is 18.3 Å². The molecule has 0 spiro atoms. The van der Waals surface area contributed by atoms with E-state index in [-0.39, 0.29) is 17.1 Å². The molecule has 1 aliphatic heterocycles. The molecule has 106 valence electrons. The van der Waals surface area contributed by atoms with Crippen LogP contribution in [-0.2, 0) is 5.54 Å². The molecule has 0 bridgehead atoms. The summed E-state index contributed by atoms with van der Waals surface area (Å²) in [5, 5.41) is 0. The van der Waals surface area contributed by atoms with E-state index < -0.39 is 0 Å². The molecule has 1 aliphatic rings. The van der Waals surface area contributed by atoms with Gasteiger partial charge in [0.1, 0.15) is 0 Å². The third-order valence-corrected chi connectivity index (χ3v) is 3.94. The van der Waals surface area contributed by atoms with E-state index in [4.69, 9.17) is 5.73 Å². The first-order valence-corrected chi connectivity index (χ1v) is 6.91. The first-order chi connectivity index (χ1) is 8.86. The summed E-state index contributed by atoms with van der Waals surface area (Å²) in [7, 11) is 0. The molecule has 1 fully saturated rings. The number of nitrogens with two attached hydrogens (primary N) is 1. The summed E-state index contributed by atoms with van der Waals surface area (Å²) in [6.45, 7) is 9.66. The van der Waals surface area contributed by atoms with Gasteiger partial charge in [0.05, 0.1) is 0 Å². The summed E-state index contributed by atoms with van der Waals surface area (Å²) in [4.78, 5) is 19.0. The van der Waals surface area contributed by atoms with Gasteiger partial charge in [-0.15, -0.1) is 0 Å². The monoisotopic (exact) mass is 264 g/mol. The number of nitrogens with zero attached hydrogens (tertiary/aromatic N) is 3. The van der Waals surface area contributed by atoms with Crippen molar-refractivity contribution in [1.82, 2.24) is 9.55 Å². The Balaban J connectivity index is 2.44. The van der Waals surface area contributed by atoms with Gasteiger partial charge in [-0.05, 0) is 33.1 Å². The fourth-order valence-corrected chi connectivity index (χ4v) is 2.76. The molecule has 5 heteroatoms. The van der Waals surface area contributed by atoms with Crippen molar-refractivity contribution in [2.45, 2.75) is 45.7 Å². The quantitative estimate of drug-likeness (QED) is 0.871. The lowest BCUT2D eigenvalue weighted by molar-refractivity contribution is 0.381. The Labute approximate surface area is 114 Å². The second-order valence-corrected chi connectivity index (χ2v) is 6.36. The highest BCUT2D eigenvalue weighted by Gasteiger charge is 2.33. The zero-order valence-electron chi connectivity index (χ0n) is 12.3. The molecular formula is C14H24N4O. The van der Waals surface area contributed by atoms with Gasteiger partial charge < -0.3 is 15.2 Å². The number of anilines is 1. The first-order valence-electron chi connectivity index (χ1n) is 6.91. The molecule has 2 rings (SSSR count). The van der Waals surface area contributed by atoms with Crippen LogP contribution in [0.25, 0.3) is 0 Å². The van der Waals surface area contributed by atoms with Crippen LogP contribution < -0.4 is 16.2 Å². The van der Waals surface area contributed by atoms with Crippen LogP contribution in [0.15, 0.2) is 17.2 Å². The Morgan fingerprint density at radius 2 is 2.16 bits per heavy atom. The van der Waals surface area contributed by atoms with E-state index in [0.717, 1.165) is 13.0 Å². The van der Waals surface area contributed by atoms with Crippen molar-refractivity contribution in [3.8, 4) is 0 Å². The molecule has 5 nitrogen and oxygen atoms in total. The molecule has 0 aromatic carbocycles. The minimum Gasteiger partial charge on any atom is -0.347 e. The van der Waals surface area contributed by atoms with E-state index in [9.17, 15) is 4.79 Å². The summed E-state index contributed by atoms with van der Waals surface area (Å²) < 4.78 is 1.74. The van der Waals surface area contributed by atoms with Crippen LogP contribution in [0.3, 0.4) is 0 Å². The van der Waals surface area contributed by atoms with Crippen LogP contribution in [0.5, 0.6) is 0 Å². The highest BCUT2D eigenvalue weighted by atomic mass is 16.1. The second kappa shape index (κ2) is 4.96. The van der Waals surface area contributed by atoms with E-state index in [2.05, 4.69) is 16.8 Å². The van der Waals surface area contributed by atoms with Crippen molar-refractivity contribution in [3.63, 3.8) is 0 Å². The number of aromatic nitrogens is 2. The van der Waals surface area contributed by atoms with Gasteiger partial charge in [-0.3, -0.25) is 4.79 Å². The average Bonchev–Trinajstić information content (AvgIpc) is 2.69. The highest BCUT2D eigenvalue weighted by Crippen LogP contribution is 2.26. The van der Waals surface area contributed by atoms with Gasteiger partial charge in [0, 0.05) is 37.1 Å². The molecule has 2 unspecified atom stereocenters. The highest BCUT2D eigenvalue weighted by molar-refractivity contribution is 5.39. The number of hydrogen-bond acceptors (Lipinski definition) is 4. The van der Waals surface area contributed by atoms with Gasteiger partial charge in [0.2, 0.25) is 0 Å². The lowest BCUT2D eigenvalue weighted by Gasteiger charge is -2.28. The van der Waals surface area contributed by atoms with Gasteiger partial charge in [0.15, 0.2) is 5.82 Å². The van der Waals surface area contributed by atoms with Crippen LogP contribution in [0.4, 0.5) is 5.82 Å². The van der Waals surface area contributed by atoms with Gasteiger partial charge in [-0.25, -0.2) is 4.98 Å². The summed E-state index contributed by atoms with van der Waals surface area (Å²) >= 11 is 0. The predicted molar refractivity (Wildman–Crippen MR) is 77.5 cm³/mol. The smallest absolute Gasteiger partial charge is 0.293 e. The third kappa shape index (κ3) is 2.52. The summed E-state index contributed by atoms with van der Waals surface area (Å²) in [5.41, 5.74) is 5.58. The predicted octanol–water partition coefficient (Wildman–Crippen LogP) is 1.17. The normalized spacial score (nSPS) is 23.9. The van der Waals surface area contributed by atoms with Crippen LogP contribution >= 0.6 is 0 Å². The fourth-order valence-electron chi connectivity index (χ4n) is 2.76. The van der Waals surface area contributed by atoms with Crippen molar-refractivity contribution >= 4 is 5.82 Å². The Kier molecular flexibility index (Phi) is 3.67. The van der Waals surface area contributed by atoms with Crippen LogP contribution in [0.1, 0.15) is 34.1 Å². The second-order valence-electron chi connectivity index (χ2n) is 6.36. The third-order valence-electron chi connectivity index (χ3n) is 3.94. The minimum atomic E-state index is -0.238. The fraction of sp³-hybridized carbons (Fsp3) is 0.714. The Bertz CT molecular complexity index is 503. The van der Waals surface area contributed by atoms with E-state index in [1.807, 2.05) is 20.8 Å². The zero-order chi connectivity index (χ0) is 14.2. The maximum absolute atomic E-state index is 12.6. The van der Waals surface area contributed by atoms with E-state index >= 15 is 0 Å². The first kappa shape index (κ1) is 14.1. The molecule has 19 heavy (non-hydrogen) atoms. The molecule has 0 radical (unpaired) electrons. The number of hydrogen-bond donors (Lipinski definition) is 1. The zero-order valence-corrected chi connectivity index (χ0v) is 12.3. The van der Waals surface area contributed by atoms with E-state index in [1.165, 1.54) is 0 Å². The summed E-state index contributed by atoms with van der Waals surface area (Å²) in [6, 6.07) is 0.219. The molecule has 2 heterocycles. The number of rotatable bonds is 2. The van der Waals surface area contributed by atoms with Crippen molar-refractivity contribution < 1.29 is 0 Å². The standard InChI is InChI=1S/C14H24N4O/c1-10-5-7-17(11(10)9-15)12-13(19)18(8-6-16-12)14(2,3)4/h6,8,10-11H,5,7,9,15H2,1-4H3. The average molecular weight is 264 g/mol. The van der Waals surface area contributed by atoms with Gasteiger partial charge in [-0.2, -0.15) is 0 Å². The summed E-state index contributed by atoms with van der Waals surface area (Å²) in [6.07, 6.45) is 4.52. The Hall–Kier alpha value is -1.36. The lowest BCUT2D eigenvalue weighted by Crippen LogP contribution is -2.44. The Morgan fingerprint density at radius 1 is 1.47 bits per heavy atom. The van der Waals surface area contributed by atoms with Crippen LogP contribution in [0.2, 0.25) is 0 Å². The van der Waals surface area contributed by atoms with Crippen LogP contribution in [-0.4, -0.2) is 28.7 Å². The molecule has 0 saturated carbocycles. The van der Waals surface area contributed by atoms with Gasteiger partial charge in [-0.1, -0.05) is 6.92 Å². The SMILES string of the molecule is CC1CCN(c2nccn(C(C)(C)C)c2=O)C1CN. The van der Waals surface area contributed by atoms with Gasteiger partial charge in [0.25, 0.3) is 5.56 Å². The molecule has 1 aromatic heterocycles. The molecule has 2 N–H and O–H groups in total. The largest absolute Gasteiger partial charge is 0.347 e. The lowest BCUT2D eigenvalue weighted by atomic mass is 10.0. The van der Waals surface area contributed by atoms with Crippen molar-refractivity contribution in [3.05, 3.63) is 22.7 Å². The maximum Gasteiger partial charge on any atom is 0.293 e. The molecular weight excluding hydrogens is 240 g/mol. The van der Waals surface area contributed by atoms with Crippen LogP contribution in [0, 0.1) is 5.92 Å². The van der Waals surface area contributed by atoms with Gasteiger partial charge >= 0.3 is 0 Å². The van der Waals surface area contributed by atoms with Crippen molar-refractivity contribution in [1.29, 1.82) is 0 Å². The minimum absolute atomic E-state index is 0.0254. The molecule has 1 saturated heterocycles. The van der Waals surface area contributed by atoms with E-state index in [1.54, 1.807) is 17.0 Å². The molecule has 0 aliphatic carbocycles. The van der Waals surface area contributed by atoms with Crippen molar-refractivity contribution in [2.24, 2.45) is 11.7 Å². The molecule has 2 atom stereocenters. The topological polar surface area (TPSA) is 64.2 Å². The van der Waals surface area contributed by atoms with Crippen molar-refractivity contribution in [2.75, 3.05) is 18.0 Å². The summed E-state index contributed by atoms with van der Waals surface area (Å²) in [5.74, 6) is 1.05. The maximum atomic E-state index is 12.6. The molecule has 0 amide bonds. The Morgan fingerprint density at radius 3 is 2.74 bits per heavy atom. The molecule has 1 aromatic rings.